The van der Waals surface area contributed by atoms with Gasteiger partial charge in [0.25, 0.3) is 5.91 Å². The van der Waals surface area contributed by atoms with Crippen molar-refractivity contribution in [2.75, 3.05) is 54.6 Å². The van der Waals surface area contributed by atoms with Crippen LogP contribution in [0.25, 0.3) is 0 Å². The Hall–Kier alpha value is -3.37. The second kappa shape index (κ2) is 11.0. The molecule has 1 aliphatic rings. The van der Waals surface area contributed by atoms with Crippen LogP contribution in [0.2, 0.25) is 0 Å². The fourth-order valence-electron chi connectivity index (χ4n) is 3.88. The van der Waals surface area contributed by atoms with E-state index < -0.39 is 16.5 Å². The Kier molecular flexibility index (Phi) is 8.07. The van der Waals surface area contributed by atoms with Crippen LogP contribution in [-0.2, 0) is 13.1 Å². The van der Waals surface area contributed by atoms with Gasteiger partial charge in [-0.3, -0.25) is 19.8 Å². The summed E-state index contributed by atoms with van der Waals surface area (Å²) >= 11 is 0. The first-order valence-corrected chi connectivity index (χ1v) is 10.6. The minimum Gasteiger partial charge on any atom is -0.493 e. The van der Waals surface area contributed by atoms with E-state index in [1.165, 1.54) is 27.4 Å². The van der Waals surface area contributed by atoms with Crippen LogP contribution in [0.3, 0.4) is 0 Å². The molecule has 1 saturated heterocycles. The van der Waals surface area contributed by atoms with Crippen LogP contribution in [-0.4, -0.2) is 75.2 Å². The first-order valence-electron chi connectivity index (χ1n) is 10.6. The molecule has 0 unspecified atom stereocenters. The van der Waals surface area contributed by atoms with E-state index >= 15 is 0 Å². The van der Waals surface area contributed by atoms with Crippen molar-refractivity contribution in [2.45, 2.75) is 13.1 Å². The molecule has 2 aromatic rings. The minimum atomic E-state index is -0.660. The molecule has 0 spiro atoms. The topological polar surface area (TPSA) is 106 Å². The Morgan fingerprint density at radius 1 is 1.03 bits per heavy atom. The van der Waals surface area contributed by atoms with Crippen molar-refractivity contribution in [2.24, 2.45) is 0 Å². The Morgan fingerprint density at radius 3 is 2.30 bits per heavy atom. The summed E-state index contributed by atoms with van der Waals surface area (Å²) < 4.78 is 15.6. The van der Waals surface area contributed by atoms with Crippen LogP contribution in [0.1, 0.15) is 21.5 Å². The van der Waals surface area contributed by atoms with Gasteiger partial charge >= 0.3 is 5.69 Å². The second-order valence-electron chi connectivity index (χ2n) is 7.88. The molecule has 0 aromatic heterocycles. The summed E-state index contributed by atoms with van der Waals surface area (Å²) in [6.45, 7) is 5.19. The van der Waals surface area contributed by atoms with Crippen LogP contribution in [0.5, 0.6) is 17.2 Å². The van der Waals surface area contributed by atoms with E-state index in [1.54, 1.807) is 0 Å². The van der Waals surface area contributed by atoms with Crippen molar-refractivity contribution in [1.82, 2.24) is 15.1 Å². The maximum atomic E-state index is 12.9. The zero-order valence-corrected chi connectivity index (χ0v) is 19.4. The molecule has 1 fully saturated rings. The fraction of sp³-hybridized carbons (Fsp3) is 0.435. The average Bonchev–Trinajstić information content (AvgIpc) is 2.82. The molecule has 0 atom stereocenters. The van der Waals surface area contributed by atoms with Gasteiger partial charge in [-0.15, -0.1) is 0 Å². The summed E-state index contributed by atoms with van der Waals surface area (Å²) in [6.07, 6.45) is 0. The Morgan fingerprint density at radius 2 is 1.70 bits per heavy atom. The third-order valence-electron chi connectivity index (χ3n) is 5.68. The summed E-state index contributed by atoms with van der Waals surface area (Å²) in [5.41, 5.74) is 1.43. The Bertz CT molecular complexity index is 1000. The van der Waals surface area contributed by atoms with Crippen molar-refractivity contribution in [3.63, 3.8) is 0 Å². The predicted molar refractivity (Wildman–Crippen MR) is 123 cm³/mol. The first kappa shape index (κ1) is 24.3. The maximum Gasteiger partial charge on any atom is 0.327 e. The standard InChI is InChI=1S/C23H30N4O6/c1-25-8-10-26(11-9-25)15-17-7-5-6-16(12-17)14-24-23(28)18-13-19(31-2)21(32-3)22(33-4)20(18)27(29)30/h5-7,12-13H,8-11,14-15H2,1-4H3,(H,24,28). The Balaban J connectivity index is 1.76. The number of nitrogens with zero attached hydrogens (tertiary/aromatic N) is 3. The van der Waals surface area contributed by atoms with Crippen LogP contribution < -0.4 is 19.5 Å². The molecule has 33 heavy (non-hydrogen) atoms. The van der Waals surface area contributed by atoms with Gasteiger partial charge < -0.3 is 24.4 Å². The van der Waals surface area contributed by atoms with Crippen molar-refractivity contribution in [1.29, 1.82) is 0 Å². The SMILES string of the molecule is COc1cc(C(=O)NCc2cccc(CN3CCN(C)CC3)c2)c([N+](=O)[O-])c(OC)c1OC. The molecule has 2 aromatic carbocycles. The van der Waals surface area contributed by atoms with E-state index in [9.17, 15) is 14.9 Å². The van der Waals surface area contributed by atoms with Crippen molar-refractivity contribution >= 4 is 11.6 Å². The molecule has 1 N–H and O–H groups in total. The van der Waals surface area contributed by atoms with Gasteiger partial charge in [0.05, 0.1) is 26.3 Å². The van der Waals surface area contributed by atoms with Gasteiger partial charge in [0, 0.05) is 45.3 Å². The summed E-state index contributed by atoms with van der Waals surface area (Å²) in [6, 6.07) is 9.26. The summed E-state index contributed by atoms with van der Waals surface area (Å²) in [5, 5.41) is 14.5. The lowest BCUT2D eigenvalue weighted by atomic mass is 10.1. The molecule has 1 amide bonds. The van der Waals surface area contributed by atoms with Crippen molar-refractivity contribution in [3.05, 3.63) is 57.1 Å². The average molecular weight is 459 g/mol. The largest absolute Gasteiger partial charge is 0.493 e. The van der Waals surface area contributed by atoms with Gasteiger partial charge in [-0.05, 0) is 18.2 Å². The van der Waals surface area contributed by atoms with Gasteiger partial charge in [-0.2, -0.15) is 0 Å². The summed E-state index contributed by atoms with van der Waals surface area (Å²) in [7, 11) is 6.13. The molecular weight excluding hydrogens is 428 g/mol. The molecule has 178 valence electrons. The van der Waals surface area contributed by atoms with E-state index in [0.717, 1.165) is 43.9 Å². The number of nitro groups is 1. The first-order chi connectivity index (χ1) is 15.9. The number of hydrogen-bond acceptors (Lipinski definition) is 8. The van der Waals surface area contributed by atoms with E-state index in [1.807, 2.05) is 18.2 Å². The molecule has 0 saturated carbocycles. The minimum absolute atomic E-state index is 0.0554. The number of ether oxygens (including phenoxy) is 3. The second-order valence-corrected chi connectivity index (χ2v) is 7.88. The number of amides is 1. The summed E-state index contributed by atoms with van der Waals surface area (Å²) in [5.74, 6) is -0.550. The van der Waals surface area contributed by atoms with Crippen molar-refractivity contribution in [3.8, 4) is 17.2 Å². The maximum absolute atomic E-state index is 12.9. The molecule has 0 aliphatic carbocycles. The number of nitrogens with one attached hydrogen (secondary N) is 1. The van der Waals surface area contributed by atoms with Crippen LogP contribution in [0.4, 0.5) is 5.69 Å². The highest BCUT2D eigenvalue weighted by molar-refractivity contribution is 6.00. The monoisotopic (exact) mass is 458 g/mol. The number of carbonyl (C=O) groups is 1. The van der Waals surface area contributed by atoms with Gasteiger partial charge in [0.1, 0.15) is 5.56 Å². The van der Waals surface area contributed by atoms with Crippen LogP contribution >= 0.6 is 0 Å². The molecule has 3 rings (SSSR count). The predicted octanol–water partition coefficient (Wildman–Crippen LogP) is 2.30. The highest BCUT2D eigenvalue weighted by Crippen LogP contribution is 2.46. The molecule has 1 heterocycles. The molecular formula is C23H30N4O6. The molecule has 0 radical (unpaired) electrons. The third-order valence-corrected chi connectivity index (χ3v) is 5.68. The van der Waals surface area contributed by atoms with Gasteiger partial charge in [0.2, 0.25) is 11.5 Å². The number of carbonyl (C=O) groups excluding carboxylic acids is 1. The quantitative estimate of drug-likeness (QED) is 0.451. The Labute approximate surface area is 193 Å². The van der Waals surface area contributed by atoms with Gasteiger partial charge in [-0.1, -0.05) is 24.3 Å². The normalized spacial score (nSPS) is 14.5. The highest BCUT2D eigenvalue weighted by Gasteiger charge is 2.32. The smallest absolute Gasteiger partial charge is 0.327 e. The number of methoxy groups -OCH3 is 3. The van der Waals surface area contributed by atoms with Crippen molar-refractivity contribution < 1.29 is 23.9 Å². The number of likely N-dealkylation sites (N-methyl/N-ethyl adjacent to an activating group) is 1. The third kappa shape index (κ3) is 5.71. The molecule has 10 nitrogen and oxygen atoms in total. The van der Waals surface area contributed by atoms with Gasteiger partial charge in [0.15, 0.2) is 5.75 Å². The lowest BCUT2D eigenvalue weighted by Crippen LogP contribution is -2.43. The molecule has 1 aliphatic heterocycles. The fourth-order valence-corrected chi connectivity index (χ4v) is 3.88. The van der Waals surface area contributed by atoms with E-state index in [2.05, 4.69) is 28.2 Å². The van der Waals surface area contributed by atoms with Gasteiger partial charge in [-0.25, -0.2) is 0 Å². The van der Waals surface area contributed by atoms with E-state index in [0.29, 0.717) is 0 Å². The highest BCUT2D eigenvalue weighted by atomic mass is 16.6. The van der Waals surface area contributed by atoms with Crippen LogP contribution in [0.15, 0.2) is 30.3 Å². The summed E-state index contributed by atoms with van der Waals surface area (Å²) in [4.78, 5) is 28.7. The number of benzene rings is 2. The zero-order valence-electron chi connectivity index (χ0n) is 19.4. The number of rotatable bonds is 9. The zero-order chi connectivity index (χ0) is 24.0. The number of piperazine rings is 1. The molecule has 0 bridgehead atoms. The van der Waals surface area contributed by atoms with E-state index in [-0.39, 0.29) is 29.4 Å². The number of nitro benzene ring substituents is 1. The van der Waals surface area contributed by atoms with E-state index in [4.69, 9.17) is 14.2 Å². The number of hydrogen-bond donors (Lipinski definition) is 1. The lowest BCUT2D eigenvalue weighted by Gasteiger charge is -2.32. The molecule has 10 heteroatoms. The van der Waals surface area contributed by atoms with Crippen LogP contribution in [0, 0.1) is 10.1 Å². The lowest BCUT2D eigenvalue weighted by molar-refractivity contribution is -0.386.